The largest absolute Gasteiger partial charge is 0.487 e. The zero-order valence-corrected chi connectivity index (χ0v) is 20.0. The van der Waals surface area contributed by atoms with Gasteiger partial charge >= 0.3 is 0 Å². The Bertz CT molecular complexity index is 1030. The third-order valence-electron chi connectivity index (χ3n) is 5.92. The summed E-state index contributed by atoms with van der Waals surface area (Å²) in [5.41, 5.74) is 1.32. The number of fused-ring (bicyclic) bond motifs is 1. The lowest BCUT2D eigenvalue weighted by Gasteiger charge is -2.37. The zero-order chi connectivity index (χ0) is 23.5. The minimum atomic E-state index is -3.90. The molecule has 0 amide bonds. The van der Waals surface area contributed by atoms with Crippen molar-refractivity contribution in [1.29, 1.82) is 0 Å². The smallest absolute Gasteiger partial charge is 0.247 e. The Morgan fingerprint density at radius 3 is 2.62 bits per heavy atom. The Kier molecular flexibility index (Phi) is 7.92. The molecular formula is C24H33FN2O4S. The van der Waals surface area contributed by atoms with Gasteiger partial charge in [-0.05, 0) is 62.3 Å². The number of benzene rings is 2. The minimum absolute atomic E-state index is 0.0630. The SMILES string of the molecule is CCCN(C)C[C@H]1Oc2cc(-c3cccc(F)c3)ccc2S(=O)(=O)N([C@H](C)CO)C[C@H]1C. The van der Waals surface area contributed by atoms with Crippen molar-refractivity contribution >= 4 is 10.0 Å². The van der Waals surface area contributed by atoms with Gasteiger partial charge in [-0.1, -0.05) is 32.0 Å². The summed E-state index contributed by atoms with van der Waals surface area (Å²) in [7, 11) is -1.87. The number of hydrogen-bond donors (Lipinski definition) is 1. The van der Waals surface area contributed by atoms with Gasteiger partial charge in [0, 0.05) is 25.0 Å². The van der Waals surface area contributed by atoms with Gasteiger partial charge < -0.3 is 14.7 Å². The van der Waals surface area contributed by atoms with Gasteiger partial charge in [-0.2, -0.15) is 4.31 Å². The Hall–Kier alpha value is -2.00. The van der Waals surface area contributed by atoms with E-state index in [1.54, 1.807) is 31.2 Å². The van der Waals surface area contributed by atoms with Crippen LogP contribution in [0.4, 0.5) is 4.39 Å². The van der Waals surface area contributed by atoms with Crippen molar-refractivity contribution in [3.8, 4) is 16.9 Å². The lowest BCUT2D eigenvalue weighted by atomic mass is 10.0. The average molecular weight is 465 g/mol. The monoisotopic (exact) mass is 464 g/mol. The van der Waals surface area contributed by atoms with E-state index in [0.29, 0.717) is 17.7 Å². The van der Waals surface area contributed by atoms with Crippen LogP contribution in [0.2, 0.25) is 0 Å². The van der Waals surface area contributed by atoms with E-state index in [1.165, 1.54) is 22.5 Å². The summed E-state index contributed by atoms with van der Waals surface area (Å²) < 4.78 is 48.5. The molecule has 1 aliphatic heterocycles. The van der Waals surface area contributed by atoms with Crippen molar-refractivity contribution in [2.75, 3.05) is 33.3 Å². The summed E-state index contributed by atoms with van der Waals surface area (Å²) in [5, 5.41) is 9.73. The van der Waals surface area contributed by atoms with Crippen LogP contribution < -0.4 is 4.74 Å². The summed E-state index contributed by atoms with van der Waals surface area (Å²) in [6.45, 7) is 7.29. The fraction of sp³-hybridized carbons (Fsp3) is 0.500. The quantitative estimate of drug-likeness (QED) is 0.678. The second-order valence-corrected chi connectivity index (χ2v) is 10.5. The highest BCUT2D eigenvalue weighted by atomic mass is 32.2. The first-order chi connectivity index (χ1) is 15.2. The Morgan fingerprint density at radius 2 is 1.97 bits per heavy atom. The number of sulfonamides is 1. The maximum absolute atomic E-state index is 13.8. The van der Waals surface area contributed by atoms with Gasteiger partial charge in [0.1, 0.15) is 22.6 Å². The van der Waals surface area contributed by atoms with Crippen LogP contribution in [0.25, 0.3) is 11.1 Å². The molecule has 6 nitrogen and oxygen atoms in total. The molecule has 0 spiro atoms. The maximum Gasteiger partial charge on any atom is 0.247 e. The van der Waals surface area contributed by atoms with Crippen LogP contribution in [0.15, 0.2) is 47.4 Å². The van der Waals surface area contributed by atoms with Gasteiger partial charge in [0.15, 0.2) is 0 Å². The number of rotatable bonds is 7. The summed E-state index contributed by atoms with van der Waals surface area (Å²) >= 11 is 0. The van der Waals surface area contributed by atoms with E-state index >= 15 is 0 Å². The molecule has 0 saturated carbocycles. The van der Waals surface area contributed by atoms with E-state index in [4.69, 9.17) is 4.74 Å². The molecule has 0 unspecified atom stereocenters. The minimum Gasteiger partial charge on any atom is -0.487 e. The topological polar surface area (TPSA) is 70.1 Å². The molecule has 0 bridgehead atoms. The molecule has 0 radical (unpaired) electrons. The Labute approximate surface area is 190 Å². The van der Waals surface area contributed by atoms with Crippen LogP contribution in [0.1, 0.15) is 27.2 Å². The predicted octanol–water partition coefficient (Wildman–Crippen LogP) is 3.60. The second-order valence-electron chi connectivity index (χ2n) is 8.67. The molecule has 1 aliphatic rings. The highest BCUT2D eigenvalue weighted by Gasteiger charge is 2.38. The molecule has 176 valence electrons. The average Bonchev–Trinajstić information content (AvgIpc) is 2.75. The number of nitrogens with zero attached hydrogens (tertiary/aromatic N) is 2. The van der Waals surface area contributed by atoms with Gasteiger partial charge in [0.2, 0.25) is 10.0 Å². The summed E-state index contributed by atoms with van der Waals surface area (Å²) in [4.78, 5) is 2.24. The number of aliphatic hydroxyl groups is 1. The van der Waals surface area contributed by atoms with Gasteiger partial charge in [-0.15, -0.1) is 0 Å². The highest BCUT2D eigenvalue weighted by molar-refractivity contribution is 7.89. The van der Waals surface area contributed by atoms with Crippen LogP contribution in [0.5, 0.6) is 5.75 Å². The zero-order valence-electron chi connectivity index (χ0n) is 19.2. The summed E-state index contributed by atoms with van der Waals surface area (Å²) in [6, 6.07) is 10.5. The molecule has 1 N–H and O–H groups in total. The van der Waals surface area contributed by atoms with Crippen LogP contribution in [0.3, 0.4) is 0 Å². The first-order valence-electron chi connectivity index (χ1n) is 11.0. The van der Waals surface area contributed by atoms with Gasteiger partial charge in [0.25, 0.3) is 0 Å². The lowest BCUT2D eigenvalue weighted by molar-refractivity contribution is 0.0753. The van der Waals surface area contributed by atoms with E-state index in [1.807, 2.05) is 14.0 Å². The molecule has 0 aliphatic carbocycles. The van der Waals surface area contributed by atoms with Crippen LogP contribution in [-0.2, 0) is 10.0 Å². The van der Waals surface area contributed by atoms with Crippen molar-refractivity contribution < 1.29 is 22.7 Å². The van der Waals surface area contributed by atoms with Gasteiger partial charge in [-0.25, -0.2) is 12.8 Å². The van der Waals surface area contributed by atoms with Crippen molar-refractivity contribution in [3.63, 3.8) is 0 Å². The standard InChI is InChI=1S/C24H33FN2O4S/c1-5-11-26(4)15-23-17(2)14-27(18(3)16-28)32(29,30)24-10-9-20(13-22(24)31-23)19-7-6-8-21(25)12-19/h6-10,12-13,17-18,23,28H,5,11,14-16H2,1-4H3/t17-,18-,23-/m1/s1. The second kappa shape index (κ2) is 10.3. The Balaban J connectivity index is 2.11. The summed E-state index contributed by atoms with van der Waals surface area (Å²) in [6.07, 6.45) is 0.747. The molecule has 0 aromatic heterocycles. The molecule has 0 fully saturated rings. The van der Waals surface area contributed by atoms with Gasteiger partial charge in [0.05, 0.1) is 6.61 Å². The van der Waals surface area contributed by atoms with Crippen molar-refractivity contribution in [2.45, 2.75) is 44.2 Å². The molecule has 2 aromatic rings. The van der Waals surface area contributed by atoms with Crippen LogP contribution in [0, 0.1) is 11.7 Å². The number of aliphatic hydroxyl groups excluding tert-OH is 1. The van der Waals surface area contributed by atoms with Crippen molar-refractivity contribution in [3.05, 3.63) is 48.3 Å². The number of hydrogen-bond acceptors (Lipinski definition) is 5. The van der Waals surface area contributed by atoms with Crippen molar-refractivity contribution in [1.82, 2.24) is 9.21 Å². The molecule has 3 rings (SSSR count). The number of likely N-dealkylation sites (N-methyl/N-ethyl adjacent to an activating group) is 1. The normalized spacial score (nSPS) is 22.0. The molecule has 3 atom stereocenters. The third-order valence-corrected chi connectivity index (χ3v) is 7.94. The van der Waals surface area contributed by atoms with Crippen LogP contribution >= 0.6 is 0 Å². The molecule has 2 aromatic carbocycles. The fourth-order valence-corrected chi connectivity index (χ4v) is 5.90. The van der Waals surface area contributed by atoms with Crippen molar-refractivity contribution in [2.24, 2.45) is 5.92 Å². The van der Waals surface area contributed by atoms with E-state index in [0.717, 1.165) is 13.0 Å². The fourth-order valence-electron chi connectivity index (χ4n) is 4.07. The molecule has 8 heteroatoms. The lowest BCUT2D eigenvalue weighted by Crippen LogP contribution is -2.49. The first-order valence-corrected chi connectivity index (χ1v) is 12.5. The molecule has 1 heterocycles. The predicted molar refractivity (Wildman–Crippen MR) is 124 cm³/mol. The van der Waals surface area contributed by atoms with E-state index in [-0.39, 0.29) is 41.6 Å². The maximum atomic E-state index is 13.8. The van der Waals surface area contributed by atoms with E-state index in [9.17, 15) is 17.9 Å². The highest BCUT2D eigenvalue weighted by Crippen LogP contribution is 2.36. The Morgan fingerprint density at radius 1 is 1.25 bits per heavy atom. The van der Waals surface area contributed by atoms with Gasteiger partial charge in [-0.3, -0.25) is 0 Å². The number of ether oxygens (including phenoxy) is 1. The molecular weight excluding hydrogens is 431 g/mol. The molecule has 0 saturated heterocycles. The summed E-state index contributed by atoms with van der Waals surface area (Å²) in [5.74, 6) is -0.217. The van der Waals surface area contributed by atoms with E-state index < -0.39 is 16.1 Å². The first kappa shape index (κ1) is 24.6. The third kappa shape index (κ3) is 5.31. The molecule has 32 heavy (non-hydrogen) atoms. The van der Waals surface area contributed by atoms with Crippen LogP contribution in [-0.4, -0.2) is 68.2 Å². The van der Waals surface area contributed by atoms with E-state index in [2.05, 4.69) is 11.8 Å². The number of halogens is 1.